The smallest absolute Gasteiger partial charge is 0.336 e. The fourth-order valence-corrected chi connectivity index (χ4v) is 3.11. The first-order valence-corrected chi connectivity index (χ1v) is 9.59. The van der Waals surface area contributed by atoms with Crippen molar-refractivity contribution in [2.45, 2.75) is 45.6 Å². The Morgan fingerprint density at radius 3 is 2.41 bits per heavy atom. The number of alkyl halides is 2. The second-order valence-corrected chi connectivity index (χ2v) is 6.86. The van der Waals surface area contributed by atoms with Gasteiger partial charge in [-0.15, -0.1) is 5.10 Å². The molecule has 1 N–H and O–H groups in total. The van der Waals surface area contributed by atoms with Crippen molar-refractivity contribution in [3.05, 3.63) is 71.3 Å². The summed E-state index contributed by atoms with van der Waals surface area (Å²) in [7, 11) is 0. The van der Waals surface area contributed by atoms with Crippen LogP contribution < -0.4 is 0 Å². The zero-order valence-corrected chi connectivity index (χ0v) is 16.4. The molecule has 3 rings (SSSR count). The van der Waals surface area contributed by atoms with Crippen molar-refractivity contribution in [2.75, 3.05) is 0 Å². The van der Waals surface area contributed by atoms with E-state index in [9.17, 15) is 18.7 Å². The van der Waals surface area contributed by atoms with Crippen LogP contribution in [0, 0.1) is 0 Å². The summed E-state index contributed by atoms with van der Waals surface area (Å²) in [5, 5.41) is 13.4. The van der Waals surface area contributed by atoms with Crippen LogP contribution in [-0.4, -0.2) is 25.8 Å². The Kier molecular flexibility index (Phi) is 6.06. The Bertz CT molecular complexity index is 998. The molecular weight excluding hydrogens is 376 g/mol. The van der Waals surface area contributed by atoms with Gasteiger partial charge in [0.05, 0.1) is 12.1 Å². The molecule has 0 aliphatic heterocycles. The highest BCUT2D eigenvalue weighted by Crippen LogP contribution is 2.29. The molecule has 0 bridgehead atoms. The van der Waals surface area contributed by atoms with Crippen LogP contribution in [0.5, 0.6) is 0 Å². The maximum absolute atomic E-state index is 14.0. The number of benzene rings is 2. The molecule has 0 aliphatic carbocycles. The molecule has 0 aliphatic rings. The predicted molar refractivity (Wildman–Crippen MR) is 106 cm³/mol. The highest BCUT2D eigenvalue weighted by atomic mass is 19.3. The van der Waals surface area contributed by atoms with Crippen LogP contribution in [0.15, 0.2) is 48.5 Å². The van der Waals surface area contributed by atoms with Gasteiger partial charge >= 0.3 is 11.9 Å². The third-order valence-corrected chi connectivity index (χ3v) is 4.75. The molecule has 0 saturated heterocycles. The number of hydrogen-bond acceptors (Lipinski definition) is 3. The number of halogens is 2. The molecule has 1 aromatic heterocycles. The first kappa shape index (κ1) is 20.6. The van der Waals surface area contributed by atoms with Gasteiger partial charge in [-0.3, -0.25) is 0 Å². The minimum Gasteiger partial charge on any atom is -0.478 e. The van der Waals surface area contributed by atoms with E-state index in [2.05, 4.69) is 10.1 Å². The van der Waals surface area contributed by atoms with Crippen molar-refractivity contribution in [2.24, 2.45) is 0 Å². The average Bonchev–Trinajstić information content (AvgIpc) is 3.12. The van der Waals surface area contributed by atoms with Gasteiger partial charge in [-0.25, -0.2) is 14.5 Å². The molecule has 0 radical (unpaired) electrons. The summed E-state index contributed by atoms with van der Waals surface area (Å²) in [6.45, 7) is 3.70. The number of aromatic nitrogens is 3. The number of aryl methyl sites for hydroxylation is 1. The van der Waals surface area contributed by atoms with Gasteiger partial charge in [0.2, 0.25) is 5.82 Å². The zero-order chi connectivity index (χ0) is 21.0. The molecule has 152 valence electrons. The van der Waals surface area contributed by atoms with E-state index in [1.54, 1.807) is 24.3 Å². The zero-order valence-electron chi connectivity index (χ0n) is 16.4. The van der Waals surface area contributed by atoms with Gasteiger partial charge in [-0.1, -0.05) is 56.3 Å². The van der Waals surface area contributed by atoms with Crippen LogP contribution in [0.25, 0.3) is 11.1 Å². The highest BCUT2D eigenvalue weighted by Gasteiger charge is 2.34. The second-order valence-electron chi connectivity index (χ2n) is 6.86. The molecule has 0 fully saturated rings. The van der Waals surface area contributed by atoms with Crippen molar-refractivity contribution in [1.82, 2.24) is 14.8 Å². The third-order valence-electron chi connectivity index (χ3n) is 4.75. The molecule has 0 spiro atoms. The van der Waals surface area contributed by atoms with E-state index in [1.165, 1.54) is 11.6 Å². The highest BCUT2D eigenvalue weighted by molar-refractivity contribution is 5.95. The van der Waals surface area contributed by atoms with Crippen LogP contribution in [0.1, 0.15) is 54.3 Å². The van der Waals surface area contributed by atoms with Crippen LogP contribution >= 0.6 is 0 Å². The van der Waals surface area contributed by atoms with Gasteiger partial charge in [-0.05, 0) is 29.2 Å². The van der Waals surface area contributed by atoms with Crippen molar-refractivity contribution >= 4 is 5.97 Å². The molecule has 29 heavy (non-hydrogen) atoms. The Labute approximate surface area is 168 Å². The van der Waals surface area contributed by atoms with Gasteiger partial charge in [-0.2, -0.15) is 8.78 Å². The Morgan fingerprint density at radius 2 is 1.79 bits per heavy atom. The quantitative estimate of drug-likeness (QED) is 0.569. The number of carboxylic acid groups (broad SMARTS) is 1. The molecule has 0 saturated carbocycles. The molecule has 0 atom stereocenters. The van der Waals surface area contributed by atoms with Crippen molar-refractivity contribution in [3.8, 4) is 11.1 Å². The minimum atomic E-state index is -3.04. The van der Waals surface area contributed by atoms with E-state index in [0.29, 0.717) is 24.4 Å². The van der Waals surface area contributed by atoms with E-state index in [0.717, 1.165) is 17.5 Å². The minimum absolute atomic E-state index is 0.230. The predicted octanol–water partition coefficient (Wildman–Crippen LogP) is 5.15. The lowest BCUT2D eigenvalue weighted by Crippen LogP contribution is -2.14. The summed E-state index contributed by atoms with van der Waals surface area (Å²) in [5.41, 5.74) is 2.50. The maximum Gasteiger partial charge on any atom is 0.336 e. The van der Waals surface area contributed by atoms with Crippen LogP contribution in [0.2, 0.25) is 0 Å². The lowest BCUT2D eigenvalue weighted by atomic mass is 9.99. The first-order chi connectivity index (χ1) is 13.9. The van der Waals surface area contributed by atoms with Gasteiger partial charge in [0.1, 0.15) is 5.82 Å². The number of rotatable bonds is 8. The van der Waals surface area contributed by atoms with Crippen LogP contribution in [0.4, 0.5) is 8.78 Å². The normalized spacial score (nSPS) is 11.6. The van der Waals surface area contributed by atoms with Gasteiger partial charge in [0.15, 0.2) is 0 Å². The maximum atomic E-state index is 14.0. The fraction of sp³-hybridized carbons (Fsp3) is 0.318. The molecule has 5 nitrogen and oxygen atoms in total. The molecule has 0 amide bonds. The van der Waals surface area contributed by atoms with Crippen LogP contribution in [0.3, 0.4) is 0 Å². The number of carboxylic acids is 1. The first-order valence-electron chi connectivity index (χ1n) is 9.59. The number of carbonyl (C=O) groups is 1. The molecule has 7 heteroatoms. The summed E-state index contributed by atoms with van der Waals surface area (Å²) in [5.74, 6) is -3.93. The van der Waals surface area contributed by atoms with Crippen molar-refractivity contribution in [1.29, 1.82) is 0 Å². The topological polar surface area (TPSA) is 68.0 Å². The SMILES string of the molecule is CCCc1nc(C(F)(F)CC)nn1Cc1ccc(-c2ccccc2C(=O)O)cc1. The van der Waals surface area contributed by atoms with Crippen LogP contribution in [-0.2, 0) is 18.9 Å². The van der Waals surface area contributed by atoms with E-state index >= 15 is 0 Å². The average molecular weight is 399 g/mol. The lowest BCUT2D eigenvalue weighted by molar-refractivity contribution is -0.0177. The second kappa shape index (κ2) is 8.51. The molecule has 0 unspecified atom stereocenters. The Balaban J connectivity index is 1.88. The molecule has 2 aromatic carbocycles. The van der Waals surface area contributed by atoms with E-state index in [-0.39, 0.29) is 12.0 Å². The third kappa shape index (κ3) is 4.50. The standard InChI is InChI=1S/C22H23F2N3O2/c1-3-7-19-25-21(22(23,24)4-2)26-27(19)14-15-10-12-16(13-11-15)17-8-5-6-9-18(17)20(28)29/h5-6,8-13H,3-4,7,14H2,1-2H3,(H,28,29). The largest absolute Gasteiger partial charge is 0.478 e. The van der Waals surface area contributed by atoms with Gasteiger partial charge in [0.25, 0.3) is 0 Å². The Hall–Kier alpha value is -3.09. The summed E-state index contributed by atoms with van der Waals surface area (Å²) < 4.78 is 29.6. The number of aromatic carboxylic acids is 1. The number of nitrogens with zero attached hydrogens (tertiary/aromatic N) is 3. The van der Waals surface area contributed by atoms with E-state index in [1.807, 2.05) is 31.2 Å². The Morgan fingerprint density at radius 1 is 1.10 bits per heavy atom. The molecular formula is C22H23F2N3O2. The molecule has 1 heterocycles. The fourth-order valence-electron chi connectivity index (χ4n) is 3.11. The van der Waals surface area contributed by atoms with Crippen molar-refractivity contribution < 1.29 is 18.7 Å². The summed E-state index contributed by atoms with van der Waals surface area (Å²) >= 11 is 0. The summed E-state index contributed by atoms with van der Waals surface area (Å²) in [4.78, 5) is 15.5. The summed E-state index contributed by atoms with van der Waals surface area (Å²) in [6, 6.07) is 14.2. The monoisotopic (exact) mass is 399 g/mol. The lowest BCUT2D eigenvalue weighted by Gasteiger charge is -2.09. The summed E-state index contributed by atoms with van der Waals surface area (Å²) in [6.07, 6.45) is 0.998. The molecule has 3 aromatic rings. The van der Waals surface area contributed by atoms with Gasteiger partial charge < -0.3 is 5.11 Å². The van der Waals surface area contributed by atoms with E-state index in [4.69, 9.17) is 0 Å². The van der Waals surface area contributed by atoms with E-state index < -0.39 is 17.7 Å². The number of hydrogen-bond donors (Lipinski definition) is 1. The van der Waals surface area contributed by atoms with Crippen molar-refractivity contribution in [3.63, 3.8) is 0 Å². The van der Waals surface area contributed by atoms with Gasteiger partial charge in [0, 0.05) is 12.8 Å².